The van der Waals surface area contributed by atoms with Crippen molar-refractivity contribution in [1.82, 2.24) is 0 Å². The van der Waals surface area contributed by atoms with Crippen LogP contribution in [0, 0.1) is 0 Å². The summed E-state index contributed by atoms with van der Waals surface area (Å²) >= 11 is 0. The number of carbonyl (C=O) groups excluding carboxylic acids is 1. The molecule has 0 aliphatic rings. The van der Waals surface area contributed by atoms with E-state index in [1.807, 2.05) is 36.4 Å². The van der Waals surface area contributed by atoms with E-state index < -0.39 is 0 Å². The Hall–Kier alpha value is -3.07. The molecule has 0 amide bonds. The van der Waals surface area contributed by atoms with E-state index in [4.69, 9.17) is 4.74 Å². The van der Waals surface area contributed by atoms with Crippen LogP contribution in [0.2, 0.25) is 0 Å². The number of phenolic OH excluding ortho intramolecular Hbond substituents is 1. The Morgan fingerprint density at radius 2 is 1.65 bits per heavy atom. The minimum absolute atomic E-state index is 0.107. The van der Waals surface area contributed by atoms with Gasteiger partial charge >= 0.3 is 0 Å². The molecule has 0 saturated carbocycles. The number of carbonyl (C=O) groups is 1. The van der Waals surface area contributed by atoms with Gasteiger partial charge in [0, 0.05) is 10.9 Å². The first-order valence-corrected chi connectivity index (χ1v) is 7.26. The maximum absolute atomic E-state index is 12.2. The Kier molecular flexibility index (Phi) is 4.11. The lowest BCUT2D eigenvalue weighted by Gasteiger charge is -2.07. The van der Waals surface area contributed by atoms with Gasteiger partial charge in [0.2, 0.25) is 0 Å². The largest absolute Gasteiger partial charge is 0.508 e. The second kappa shape index (κ2) is 6.36. The van der Waals surface area contributed by atoms with Crippen molar-refractivity contribution in [2.75, 3.05) is 7.11 Å². The molecule has 0 spiro atoms. The van der Waals surface area contributed by atoms with Crippen LogP contribution in [0.1, 0.15) is 15.9 Å². The predicted octanol–water partition coefficient (Wildman–Crippen LogP) is 4.45. The first-order valence-electron chi connectivity index (χ1n) is 7.26. The lowest BCUT2D eigenvalue weighted by Crippen LogP contribution is -1.93. The van der Waals surface area contributed by atoms with Gasteiger partial charge in [-0.25, -0.2) is 0 Å². The van der Waals surface area contributed by atoms with Crippen molar-refractivity contribution < 1.29 is 14.6 Å². The summed E-state index contributed by atoms with van der Waals surface area (Å²) in [5, 5.41) is 11.3. The molecular formula is C20H16O3. The van der Waals surface area contributed by atoms with E-state index in [0.717, 1.165) is 22.1 Å². The van der Waals surface area contributed by atoms with Gasteiger partial charge in [0.05, 0.1) is 7.11 Å². The van der Waals surface area contributed by atoms with Gasteiger partial charge in [0.1, 0.15) is 11.5 Å². The first kappa shape index (κ1) is 14.9. The van der Waals surface area contributed by atoms with Gasteiger partial charge < -0.3 is 9.84 Å². The summed E-state index contributed by atoms with van der Waals surface area (Å²) < 4.78 is 5.37. The molecule has 3 aromatic rings. The molecule has 0 radical (unpaired) electrons. The molecule has 0 saturated heterocycles. The number of ketones is 1. The molecule has 1 N–H and O–H groups in total. The van der Waals surface area contributed by atoms with Gasteiger partial charge in [-0.2, -0.15) is 0 Å². The molecule has 3 aromatic carbocycles. The van der Waals surface area contributed by atoms with Crippen LogP contribution in [0.3, 0.4) is 0 Å². The molecular weight excluding hydrogens is 288 g/mol. The maximum atomic E-state index is 12.2. The lowest BCUT2D eigenvalue weighted by molar-refractivity contribution is 0.104. The first-order chi connectivity index (χ1) is 11.2. The summed E-state index contributed by atoms with van der Waals surface area (Å²) in [7, 11) is 1.64. The topological polar surface area (TPSA) is 46.5 Å². The molecule has 3 nitrogen and oxygen atoms in total. The Morgan fingerprint density at radius 1 is 0.957 bits per heavy atom. The average Bonchev–Trinajstić information content (AvgIpc) is 2.60. The van der Waals surface area contributed by atoms with Crippen LogP contribution in [-0.4, -0.2) is 18.0 Å². The summed E-state index contributed by atoms with van der Waals surface area (Å²) in [6.45, 7) is 0. The second-order valence-corrected chi connectivity index (χ2v) is 5.15. The summed E-state index contributed by atoms with van der Waals surface area (Å²) in [4.78, 5) is 12.2. The fraction of sp³-hybridized carbons (Fsp3) is 0.0500. The average molecular weight is 304 g/mol. The molecule has 23 heavy (non-hydrogen) atoms. The van der Waals surface area contributed by atoms with E-state index in [9.17, 15) is 9.90 Å². The summed E-state index contributed by atoms with van der Waals surface area (Å²) in [6, 6.07) is 18.0. The fourth-order valence-electron chi connectivity index (χ4n) is 2.51. The van der Waals surface area contributed by atoms with Crippen LogP contribution in [0.25, 0.3) is 16.8 Å². The zero-order chi connectivity index (χ0) is 16.2. The highest BCUT2D eigenvalue weighted by Crippen LogP contribution is 2.29. The molecule has 0 aromatic heterocycles. The number of ether oxygens (including phenoxy) is 1. The molecule has 0 atom stereocenters. The Morgan fingerprint density at radius 3 is 2.35 bits per heavy atom. The fourth-order valence-corrected chi connectivity index (χ4v) is 2.51. The molecule has 0 heterocycles. The zero-order valence-corrected chi connectivity index (χ0v) is 12.7. The van der Waals surface area contributed by atoms with Gasteiger partial charge in [-0.15, -0.1) is 0 Å². The van der Waals surface area contributed by atoms with Crippen LogP contribution in [0.5, 0.6) is 11.5 Å². The van der Waals surface area contributed by atoms with Gasteiger partial charge in [-0.1, -0.05) is 36.4 Å². The third kappa shape index (κ3) is 3.09. The molecule has 3 rings (SSSR count). The zero-order valence-electron chi connectivity index (χ0n) is 12.7. The molecule has 3 heteroatoms. The molecule has 0 unspecified atom stereocenters. The van der Waals surface area contributed by atoms with E-state index in [-0.39, 0.29) is 11.5 Å². The van der Waals surface area contributed by atoms with Gasteiger partial charge in [-0.3, -0.25) is 4.79 Å². The minimum atomic E-state index is -0.107. The van der Waals surface area contributed by atoms with E-state index in [1.54, 1.807) is 31.4 Å². The van der Waals surface area contributed by atoms with Crippen molar-refractivity contribution in [2.45, 2.75) is 0 Å². The smallest absolute Gasteiger partial charge is 0.185 e. The van der Waals surface area contributed by atoms with E-state index >= 15 is 0 Å². The number of fused-ring (bicyclic) bond motifs is 1. The van der Waals surface area contributed by atoms with Crippen LogP contribution in [0.4, 0.5) is 0 Å². The quantitative estimate of drug-likeness (QED) is 0.572. The second-order valence-electron chi connectivity index (χ2n) is 5.15. The number of phenols is 1. The highest BCUT2D eigenvalue weighted by Gasteiger charge is 2.05. The Bertz CT molecular complexity index is 877. The number of allylic oxidation sites excluding steroid dienone is 1. The van der Waals surface area contributed by atoms with E-state index in [1.165, 1.54) is 12.1 Å². The maximum Gasteiger partial charge on any atom is 0.185 e. The number of methoxy groups -OCH3 is 1. The highest BCUT2D eigenvalue weighted by atomic mass is 16.5. The summed E-state index contributed by atoms with van der Waals surface area (Å²) in [6.07, 6.45) is 3.34. The van der Waals surface area contributed by atoms with Gasteiger partial charge in [-0.05, 0) is 47.4 Å². The molecule has 0 bridgehead atoms. The predicted molar refractivity (Wildman–Crippen MR) is 92.0 cm³/mol. The lowest BCUT2D eigenvalue weighted by atomic mass is 10.0. The number of hydrogen-bond acceptors (Lipinski definition) is 3. The van der Waals surface area contributed by atoms with Crippen molar-refractivity contribution in [3.63, 3.8) is 0 Å². The third-order valence-corrected chi connectivity index (χ3v) is 3.70. The molecule has 114 valence electrons. The van der Waals surface area contributed by atoms with Gasteiger partial charge in [0.25, 0.3) is 0 Å². The SMILES string of the molecule is COc1ccc(/C=C/C(=O)c2ccc(O)cc2)c2ccccc12. The van der Waals surface area contributed by atoms with Gasteiger partial charge in [0.15, 0.2) is 5.78 Å². The van der Waals surface area contributed by atoms with Crippen molar-refractivity contribution >= 4 is 22.6 Å². The molecule has 0 aliphatic carbocycles. The van der Waals surface area contributed by atoms with E-state index in [0.29, 0.717) is 5.56 Å². The molecule has 0 fully saturated rings. The number of aromatic hydroxyl groups is 1. The summed E-state index contributed by atoms with van der Waals surface area (Å²) in [5.74, 6) is 0.846. The van der Waals surface area contributed by atoms with Crippen molar-refractivity contribution in [3.8, 4) is 11.5 Å². The van der Waals surface area contributed by atoms with Crippen molar-refractivity contribution in [1.29, 1.82) is 0 Å². The number of benzene rings is 3. The highest BCUT2D eigenvalue weighted by molar-refractivity contribution is 6.08. The van der Waals surface area contributed by atoms with Crippen LogP contribution < -0.4 is 4.74 Å². The monoisotopic (exact) mass is 304 g/mol. The van der Waals surface area contributed by atoms with Crippen LogP contribution in [-0.2, 0) is 0 Å². The van der Waals surface area contributed by atoms with Crippen LogP contribution >= 0.6 is 0 Å². The van der Waals surface area contributed by atoms with Crippen molar-refractivity contribution in [2.24, 2.45) is 0 Å². The third-order valence-electron chi connectivity index (χ3n) is 3.70. The Balaban J connectivity index is 1.95. The number of rotatable bonds is 4. The summed E-state index contributed by atoms with van der Waals surface area (Å²) in [5.41, 5.74) is 1.49. The standard InChI is InChI=1S/C20H16O3/c1-23-20-13-9-14(17-4-2-3-5-18(17)20)8-12-19(22)15-6-10-16(21)11-7-15/h2-13,21H,1H3/b12-8+. The molecule has 0 aliphatic heterocycles. The Labute approximate surface area is 134 Å². The normalized spacial score (nSPS) is 11.0. The van der Waals surface area contributed by atoms with Crippen molar-refractivity contribution in [3.05, 3.63) is 77.9 Å². The van der Waals surface area contributed by atoms with E-state index in [2.05, 4.69) is 0 Å². The minimum Gasteiger partial charge on any atom is -0.508 e. The van der Waals surface area contributed by atoms with Crippen LogP contribution in [0.15, 0.2) is 66.7 Å². The number of hydrogen-bond donors (Lipinski definition) is 1.